The SMILES string of the molecule is CC(C)N(C)C(=O)c1cnc2scc(-c3ccc(Cl)s3)n2c1=O. The highest BCUT2D eigenvalue weighted by atomic mass is 35.5. The third kappa shape index (κ3) is 2.80. The molecule has 0 aliphatic rings. The smallest absolute Gasteiger partial charge is 0.271 e. The number of carbonyl (C=O) groups is 1. The second-order valence-corrected chi connectivity index (χ2v) is 7.88. The first-order valence-electron chi connectivity index (χ1n) is 6.92. The first-order chi connectivity index (χ1) is 10.9. The van der Waals surface area contributed by atoms with Crippen LogP contribution in [0.15, 0.2) is 28.5 Å². The summed E-state index contributed by atoms with van der Waals surface area (Å²) in [6, 6.07) is 3.64. The van der Waals surface area contributed by atoms with Crippen molar-refractivity contribution >= 4 is 45.1 Å². The van der Waals surface area contributed by atoms with Gasteiger partial charge >= 0.3 is 0 Å². The van der Waals surface area contributed by atoms with Crippen LogP contribution in [-0.2, 0) is 0 Å². The molecule has 0 saturated carbocycles. The molecule has 3 aromatic heterocycles. The topological polar surface area (TPSA) is 54.7 Å². The molecule has 0 atom stereocenters. The normalized spacial score (nSPS) is 11.3. The van der Waals surface area contributed by atoms with Crippen molar-refractivity contribution in [3.63, 3.8) is 0 Å². The lowest BCUT2D eigenvalue weighted by molar-refractivity contribution is 0.0752. The van der Waals surface area contributed by atoms with Crippen LogP contribution in [0.2, 0.25) is 4.34 Å². The number of nitrogens with zero attached hydrogens (tertiary/aromatic N) is 3. The van der Waals surface area contributed by atoms with Gasteiger partial charge in [0.2, 0.25) is 0 Å². The van der Waals surface area contributed by atoms with Crippen LogP contribution in [0.1, 0.15) is 24.2 Å². The average Bonchev–Trinajstić information content (AvgIpc) is 3.12. The number of fused-ring (bicyclic) bond motifs is 1. The molecule has 0 bridgehead atoms. The van der Waals surface area contributed by atoms with E-state index in [0.29, 0.717) is 15.0 Å². The number of carbonyl (C=O) groups excluding carboxylic acids is 1. The summed E-state index contributed by atoms with van der Waals surface area (Å²) in [6.07, 6.45) is 1.36. The zero-order chi connectivity index (χ0) is 16.7. The van der Waals surface area contributed by atoms with Gasteiger partial charge in [-0.15, -0.1) is 22.7 Å². The first kappa shape index (κ1) is 16.2. The van der Waals surface area contributed by atoms with Gasteiger partial charge in [-0.1, -0.05) is 11.6 Å². The zero-order valence-corrected chi connectivity index (χ0v) is 15.1. The van der Waals surface area contributed by atoms with Crippen LogP contribution in [0.3, 0.4) is 0 Å². The molecule has 8 heteroatoms. The van der Waals surface area contributed by atoms with Crippen molar-refractivity contribution in [2.24, 2.45) is 0 Å². The number of amides is 1. The standard InChI is InChI=1S/C15H14ClN3O2S2/c1-8(2)18(3)13(20)9-6-17-15-19(14(9)21)10(7-22-15)11-4-5-12(16)23-11/h4-8H,1-3H3. The average molecular weight is 368 g/mol. The van der Waals surface area contributed by atoms with Gasteiger partial charge in [0.25, 0.3) is 11.5 Å². The summed E-state index contributed by atoms with van der Waals surface area (Å²) in [6.45, 7) is 3.79. The van der Waals surface area contributed by atoms with Gasteiger partial charge in [0.1, 0.15) is 5.56 Å². The summed E-state index contributed by atoms with van der Waals surface area (Å²) in [7, 11) is 1.68. The molecule has 0 aliphatic carbocycles. The van der Waals surface area contributed by atoms with E-state index < -0.39 is 0 Å². The Labute approximate surface area is 145 Å². The van der Waals surface area contributed by atoms with E-state index in [1.165, 1.54) is 38.2 Å². The molecule has 0 radical (unpaired) electrons. The fraction of sp³-hybridized carbons (Fsp3) is 0.267. The van der Waals surface area contributed by atoms with Crippen molar-refractivity contribution in [2.45, 2.75) is 19.9 Å². The monoisotopic (exact) mass is 367 g/mol. The molecule has 0 aliphatic heterocycles. The van der Waals surface area contributed by atoms with Crippen LogP contribution < -0.4 is 5.56 Å². The van der Waals surface area contributed by atoms with Crippen molar-refractivity contribution in [2.75, 3.05) is 7.05 Å². The Morgan fingerprint density at radius 1 is 1.39 bits per heavy atom. The summed E-state index contributed by atoms with van der Waals surface area (Å²) in [4.78, 5) is 32.5. The molecule has 0 aromatic carbocycles. The van der Waals surface area contributed by atoms with Gasteiger partial charge in [0.05, 0.1) is 14.9 Å². The Morgan fingerprint density at radius 3 is 2.74 bits per heavy atom. The van der Waals surface area contributed by atoms with Gasteiger partial charge < -0.3 is 4.90 Å². The molecular weight excluding hydrogens is 354 g/mol. The van der Waals surface area contributed by atoms with E-state index in [1.54, 1.807) is 13.1 Å². The van der Waals surface area contributed by atoms with E-state index in [1.807, 2.05) is 25.3 Å². The molecule has 3 aromatic rings. The number of thiazole rings is 1. The fourth-order valence-corrected chi connectivity index (χ4v) is 4.06. The lowest BCUT2D eigenvalue weighted by Crippen LogP contribution is -2.37. The molecule has 0 spiro atoms. The van der Waals surface area contributed by atoms with Crippen LogP contribution in [0.25, 0.3) is 15.5 Å². The van der Waals surface area contributed by atoms with Crippen LogP contribution in [-0.4, -0.2) is 33.3 Å². The van der Waals surface area contributed by atoms with Crippen molar-refractivity contribution in [1.82, 2.24) is 14.3 Å². The fourth-order valence-electron chi connectivity index (χ4n) is 2.09. The highest BCUT2D eigenvalue weighted by molar-refractivity contribution is 7.20. The number of thiophene rings is 1. The Kier molecular flexibility index (Phi) is 4.27. The van der Waals surface area contributed by atoms with Gasteiger partial charge in [0, 0.05) is 24.7 Å². The molecule has 0 fully saturated rings. The minimum absolute atomic E-state index is 0.000597. The molecule has 3 heterocycles. The molecular formula is C15H14ClN3O2S2. The number of aromatic nitrogens is 2. The lowest BCUT2D eigenvalue weighted by Gasteiger charge is -2.20. The number of halogens is 1. The third-order valence-corrected chi connectivity index (χ3v) is 5.69. The summed E-state index contributed by atoms with van der Waals surface area (Å²) >= 11 is 8.73. The second kappa shape index (κ2) is 6.07. The van der Waals surface area contributed by atoms with E-state index in [0.717, 1.165) is 4.88 Å². The molecule has 0 saturated heterocycles. The van der Waals surface area contributed by atoms with Crippen molar-refractivity contribution in [1.29, 1.82) is 0 Å². The van der Waals surface area contributed by atoms with Gasteiger partial charge in [-0.2, -0.15) is 0 Å². The maximum atomic E-state index is 12.8. The molecule has 0 N–H and O–H groups in total. The molecule has 5 nitrogen and oxygen atoms in total. The Bertz CT molecular complexity index is 942. The zero-order valence-electron chi connectivity index (χ0n) is 12.7. The maximum absolute atomic E-state index is 12.8. The highest BCUT2D eigenvalue weighted by Gasteiger charge is 2.21. The first-order valence-corrected chi connectivity index (χ1v) is 8.99. The van der Waals surface area contributed by atoms with Crippen LogP contribution in [0.4, 0.5) is 0 Å². The van der Waals surface area contributed by atoms with Gasteiger partial charge in [-0.3, -0.25) is 9.59 Å². The summed E-state index contributed by atoms with van der Waals surface area (Å²) < 4.78 is 2.13. The van der Waals surface area contributed by atoms with Crippen LogP contribution in [0, 0.1) is 0 Å². The molecule has 23 heavy (non-hydrogen) atoms. The van der Waals surface area contributed by atoms with Crippen molar-refractivity contribution in [3.05, 3.63) is 44.0 Å². The van der Waals surface area contributed by atoms with Crippen LogP contribution in [0.5, 0.6) is 0 Å². The van der Waals surface area contributed by atoms with Gasteiger partial charge in [-0.25, -0.2) is 9.38 Å². The quantitative estimate of drug-likeness (QED) is 0.710. The number of rotatable bonds is 3. The summed E-state index contributed by atoms with van der Waals surface area (Å²) in [5.74, 6) is -0.326. The van der Waals surface area contributed by atoms with E-state index in [9.17, 15) is 9.59 Å². The highest BCUT2D eigenvalue weighted by Crippen LogP contribution is 2.32. The van der Waals surface area contributed by atoms with E-state index >= 15 is 0 Å². The second-order valence-electron chi connectivity index (χ2n) is 5.33. The third-order valence-electron chi connectivity index (χ3n) is 3.60. The van der Waals surface area contributed by atoms with Gasteiger partial charge in [0.15, 0.2) is 4.96 Å². The molecule has 3 rings (SSSR count). The molecule has 120 valence electrons. The Morgan fingerprint density at radius 2 is 2.13 bits per heavy atom. The lowest BCUT2D eigenvalue weighted by atomic mass is 10.2. The summed E-state index contributed by atoms with van der Waals surface area (Å²) in [5, 5.41) is 1.85. The van der Waals surface area contributed by atoms with Gasteiger partial charge in [-0.05, 0) is 26.0 Å². The van der Waals surface area contributed by atoms with E-state index in [2.05, 4.69) is 4.98 Å². The Balaban J connectivity index is 2.19. The van der Waals surface area contributed by atoms with E-state index in [-0.39, 0.29) is 23.1 Å². The largest absolute Gasteiger partial charge is 0.339 e. The van der Waals surface area contributed by atoms with Crippen molar-refractivity contribution < 1.29 is 4.79 Å². The minimum atomic E-state index is -0.353. The number of hydrogen-bond donors (Lipinski definition) is 0. The van der Waals surface area contributed by atoms with E-state index in [4.69, 9.17) is 11.6 Å². The predicted octanol–water partition coefficient (Wildman–Crippen LogP) is 3.62. The number of hydrogen-bond acceptors (Lipinski definition) is 5. The predicted molar refractivity (Wildman–Crippen MR) is 94.9 cm³/mol. The Hall–Kier alpha value is -1.70. The molecule has 1 amide bonds. The van der Waals surface area contributed by atoms with Crippen LogP contribution >= 0.6 is 34.3 Å². The van der Waals surface area contributed by atoms with Crippen molar-refractivity contribution in [3.8, 4) is 10.6 Å². The molecule has 0 unspecified atom stereocenters. The maximum Gasteiger partial charge on any atom is 0.271 e. The minimum Gasteiger partial charge on any atom is -0.339 e. The summed E-state index contributed by atoms with van der Waals surface area (Å²) in [5.41, 5.74) is 0.426.